The molecule has 2 heterocycles. The third kappa shape index (κ3) is 4.15. The molecule has 1 aromatic carbocycles. The minimum absolute atomic E-state index is 0.0880. The largest absolute Gasteiger partial charge is 0.496 e. The topological polar surface area (TPSA) is 54.5 Å². The molecule has 26 heavy (non-hydrogen) atoms. The van der Waals surface area contributed by atoms with Gasteiger partial charge in [-0.15, -0.1) is 0 Å². The molecule has 1 aliphatic heterocycles. The first-order valence-corrected chi connectivity index (χ1v) is 9.34. The minimum atomic E-state index is 0.0880. The van der Waals surface area contributed by atoms with Crippen LogP contribution in [0.3, 0.4) is 0 Å². The summed E-state index contributed by atoms with van der Waals surface area (Å²) in [7, 11) is 1.67. The number of carbonyl (C=O) groups excluding carboxylic acids is 1. The monoisotopic (exact) mass is 353 g/mol. The number of pyridine rings is 1. The van der Waals surface area contributed by atoms with Gasteiger partial charge in [-0.1, -0.05) is 25.1 Å². The number of aromatic nitrogens is 1. The van der Waals surface area contributed by atoms with E-state index in [1.165, 1.54) is 6.42 Å². The first-order valence-electron chi connectivity index (χ1n) is 9.34. The molecule has 0 saturated carbocycles. The molecule has 1 aliphatic rings. The van der Waals surface area contributed by atoms with Gasteiger partial charge in [0.05, 0.1) is 18.4 Å². The second kappa shape index (κ2) is 8.70. The highest BCUT2D eigenvalue weighted by molar-refractivity contribution is 5.95. The maximum Gasteiger partial charge on any atom is 0.255 e. The number of rotatable bonds is 6. The van der Waals surface area contributed by atoms with Crippen LogP contribution in [0.5, 0.6) is 5.75 Å². The van der Waals surface area contributed by atoms with Crippen LogP contribution in [0, 0.1) is 0 Å². The summed E-state index contributed by atoms with van der Waals surface area (Å²) in [6.07, 6.45) is 7.81. The van der Waals surface area contributed by atoms with Crippen LogP contribution in [0.15, 0.2) is 42.7 Å². The van der Waals surface area contributed by atoms with E-state index in [0.717, 1.165) is 42.8 Å². The van der Waals surface area contributed by atoms with Gasteiger partial charge in [0, 0.05) is 37.1 Å². The normalized spacial score (nSPS) is 17.0. The number of methoxy groups -OCH3 is 1. The fraction of sp³-hybridized carbons (Fsp3) is 0.429. The van der Waals surface area contributed by atoms with Crippen molar-refractivity contribution in [1.82, 2.24) is 9.88 Å². The Balaban J connectivity index is 1.70. The quantitative estimate of drug-likeness (QED) is 0.849. The van der Waals surface area contributed by atoms with Gasteiger partial charge in [0.25, 0.3) is 5.91 Å². The number of benzene rings is 1. The lowest BCUT2D eigenvalue weighted by atomic mass is 9.99. The highest BCUT2D eigenvalue weighted by Gasteiger charge is 2.26. The van der Waals surface area contributed by atoms with Crippen molar-refractivity contribution in [3.8, 4) is 5.75 Å². The molecule has 1 saturated heterocycles. The van der Waals surface area contributed by atoms with Crippen LogP contribution < -0.4 is 10.1 Å². The summed E-state index contributed by atoms with van der Waals surface area (Å²) < 4.78 is 5.38. The maximum absolute atomic E-state index is 12.9. The Bertz CT molecular complexity index is 748. The summed E-state index contributed by atoms with van der Waals surface area (Å²) in [5.41, 5.74) is 2.55. The number of amides is 1. The van der Waals surface area contributed by atoms with Gasteiger partial charge in [-0.2, -0.15) is 0 Å². The molecule has 3 rings (SSSR count). The molecule has 0 aliphatic carbocycles. The lowest BCUT2D eigenvalue weighted by Gasteiger charge is -2.35. The van der Waals surface area contributed by atoms with Crippen molar-refractivity contribution in [2.24, 2.45) is 0 Å². The summed E-state index contributed by atoms with van der Waals surface area (Å²) in [6.45, 7) is 3.61. The molecule has 138 valence electrons. The molecule has 1 fully saturated rings. The third-order valence-electron chi connectivity index (χ3n) is 5.02. The first kappa shape index (κ1) is 18.2. The second-order valence-corrected chi connectivity index (χ2v) is 6.68. The van der Waals surface area contributed by atoms with Crippen molar-refractivity contribution >= 4 is 11.6 Å². The van der Waals surface area contributed by atoms with Crippen LogP contribution in [-0.2, 0) is 6.54 Å². The number of likely N-dealkylation sites (tertiary alicyclic amines) is 1. The maximum atomic E-state index is 12.9. The standard InChI is InChI=1S/C21H27N3O2/c1-3-19-9-6-7-11-24(19)21(25)17-12-18(15-22-13-17)23-14-16-8-4-5-10-20(16)26-2/h4-5,8,10,12-13,15,19,23H,3,6-7,9,11,14H2,1-2H3. The van der Waals surface area contributed by atoms with Crippen molar-refractivity contribution in [1.29, 1.82) is 0 Å². The van der Waals surface area contributed by atoms with Crippen molar-refractivity contribution in [3.63, 3.8) is 0 Å². The zero-order valence-corrected chi connectivity index (χ0v) is 15.6. The molecule has 1 amide bonds. The fourth-order valence-corrected chi connectivity index (χ4v) is 3.56. The number of hydrogen-bond acceptors (Lipinski definition) is 4. The van der Waals surface area contributed by atoms with E-state index >= 15 is 0 Å². The number of nitrogens with one attached hydrogen (secondary N) is 1. The van der Waals surface area contributed by atoms with E-state index < -0.39 is 0 Å². The molecule has 2 aromatic rings. The summed E-state index contributed by atoms with van der Waals surface area (Å²) >= 11 is 0. The molecular weight excluding hydrogens is 326 g/mol. The number of piperidine rings is 1. The highest BCUT2D eigenvalue weighted by Crippen LogP contribution is 2.23. The average molecular weight is 353 g/mol. The van der Waals surface area contributed by atoms with Gasteiger partial charge < -0.3 is 15.0 Å². The Kier molecular flexibility index (Phi) is 6.10. The number of nitrogens with zero attached hydrogens (tertiary/aromatic N) is 2. The summed E-state index contributed by atoms with van der Waals surface area (Å²) in [4.78, 5) is 19.2. The van der Waals surface area contributed by atoms with Gasteiger partial charge in [-0.25, -0.2) is 0 Å². The molecule has 1 N–H and O–H groups in total. The van der Waals surface area contributed by atoms with Crippen LogP contribution in [0.4, 0.5) is 5.69 Å². The molecule has 5 heteroatoms. The predicted octanol–water partition coefficient (Wildman–Crippen LogP) is 4.11. The Labute approximate surface area is 155 Å². The Morgan fingerprint density at radius 3 is 2.96 bits per heavy atom. The van der Waals surface area contributed by atoms with E-state index in [0.29, 0.717) is 18.2 Å². The van der Waals surface area contributed by atoms with E-state index in [9.17, 15) is 4.79 Å². The molecule has 1 atom stereocenters. The van der Waals surface area contributed by atoms with E-state index in [1.807, 2.05) is 35.2 Å². The smallest absolute Gasteiger partial charge is 0.255 e. The average Bonchev–Trinajstić information content (AvgIpc) is 2.72. The third-order valence-corrected chi connectivity index (χ3v) is 5.02. The number of ether oxygens (including phenoxy) is 1. The summed E-state index contributed by atoms with van der Waals surface area (Å²) in [5.74, 6) is 0.935. The summed E-state index contributed by atoms with van der Waals surface area (Å²) in [5, 5.41) is 3.35. The minimum Gasteiger partial charge on any atom is -0.496 e. The van der Waals surface area contributed by atoms with Crippen molar-refractivity contribution < 1.29 is 9.53 Å². The molecule has 1 unspecified atom stereocenters. The van der Waals surface area contributed by atoms with Crippen LogP contribution in [-0.4, -0.2) is 35.5 Å². The number of carbonyl (C=O) groups is 1. The van der Waals surface area contributed by atoms with Crippen LogP contribution in [0.1, 0.15) is 48.5 Å². The number of anilines is 1. The lowest BCUT2D eigenvalue weighted by molar-refractivity contribution is 0.0607. The Morgan fingerprint density at radius 2 is 2.15 bits per heavy atom. The lowest BCUT2D eigenvalue weighted by Crippen LogP contribution is -2.43. The molecular formula is C21H27N3O2. The molecule has 0 bridgehead atoms. The molecule has 1 aromatic heterocycles. The van der Waals surface area contributed by atoms with Gasteiger partial charge in [0.1, 0.15) is 5.75 Å². The number of hydrogen-bond donors (Lipinski definition) is 1. The van der Waals surface area contributed by atoms with Gasteiger partial charge in [-0.3, -0.25) is 9.78 Å². The van der Waals surface area contributed by atoms with Gasteiger partial charge >= 0.3 is 0 Å². The van der Waals surface area contributed by atoms with Gasteiger partial charge in [0.2, 0.25) is 0 Å². The van der Waals surface area contributed by atoms with Crippen LogP contribution >= 0.6 is 0 Å². The van der Waals surface area contributed by atoms with Gasteiger partial charge in [-0.05, 0) is 37.8 Å². The highest BCUT2D eigenvalue weighted by atomic mass is 16.5. The van der Waals surface area contributed by atoms with E-state index in [4.69, 9.17) is 4.74 Å². The summed E-state index contributed by atoms with van der Waals surface area (Å²) in [6, 6.07) is 10.1. The van der Waals surface area contributed by atoms with Crippen molar-refractivity contribution in [2.45, 2.75) is 45.2 Å². The second-order valence-electron chi connectivity index (χ2n) is 6.68. The number of para-hydroxylation sites is 1. The van der Waals surface area contributed by atoms with E-state index in [2.05, 4.69) is 17.2 Å². The van der Waals surface area contributed by atoms with Gasteiger partial charge in [0.15, 0.2) is 0 Å². The first-order chi connectivity index (χ1) is 12.7. The molecule has 0 spiro atoms. The zero-order valence-electron chi connectivity index (χ0n) is 15.6. The SMILES string of the molecule is CCC1CCCCN1C(=O)c1cncc(NCc2ccccc2OC)c1. The van der Waals surface area contributed by atoms with Crippen LogP contribution in [0.25, 0.3) is 0 Å². The Morgan fingerprint density at radius 1 is 1.31 bits per heavy atom. The van der Waals surface area contributed by atoms with E-state index in [1.54, 1.807) is 19.5 Å². The molecule has 0 radical (unpaired) electrons. The van der Waals surface area contributed by atoms with Crippen molar-refractivity contribution in [2.75, 3.05) is 19.0 Å². The van der Waals surface area contributed by atoms with E-state index in [-0.39, 0.29) is 5.91 Å². The Hall–Kier alpha value is -2.56. The van der Waals surface area contributed by atoms with Crippen molar-refractivity contribution in [3.05, 3.63) is 53.9 Å². The predicted molar refractivity (Wildman–Crippen MR) is 104 cm³/mol. The van der Waals surface area contributed by atoms with Crippen LogP contribution in [0.2, 0.25) is 0 Å². The fourth-order valence-electron chi connectivity index (χ4n) is 3.56. The zero-order chi connectivity index (χ0) is 18.4. The molecule has 5 nitrogen and oxygen atoms in total.